The monoisotopic (exact) mass is 292 g/mol. The molecule has 0 amide bonds. The van der Waals surface area contributed by atoms with Gasteiger partial charge in [-0.05, 0) is 31.0 Å². The van der Waals surface area contributed by atoms with Crippen LogP contribution in [0, 0.1) is 12.8 Å². The zero-order valence-corrected chi connectivity index (χ0v) is 12.2. The SMILES string of the molecule is Cc1ccn2c(C3CC3C(=O)O)c(-c3ccccc3)nc2c1. The lowest BCUT2D eigenvalue weighted by atomic mass is 10.1. The summed E-state index contributed by atoms with van der Waals surface area (Å²) in [5.74, 6) is -0.958. The Morgan fingerprint density at radius 3 is 2.73 bits per heavy atom. The van der Waals surface area contributed by atoms with Gasteiger partial charge in [0.05, 0.1) is 17.3 Å². The summed E-state index contributed by atoms with van der Waals surface area (Å²) in [6, 6.07) is 14.1. The van der Waals surface area contributed by atoms with Crippen molar-refractivity contribution in [3.63, 3.8) is 0 Å². The first-order valence-corrected chi connectivity index (χ1v) is 7.42. The van der Waals surface area contributed by atoms with Gasteiger partial charge in [-0.2, -0.15) is 0 Å². The molecule has 0 saturated heterocycles. The van der Waals surface area contributed by atoms with Crippen LogP contribution in [0.1, 0.15) is 23.6 Å². The van der Waals surface area contributed by atoms with Gasteiger partial charge < -0.3 is 9.51 Å². The lowest BCUT2D eigenvalue weighted by Crippen LogP contribution is -2.01. The second kappa shape index (κ2) is 4.70. The Balaban J connectivity index is 1.94. The molecule has 22 heavy (non-hydrogen) atoms. The van der Waals surface area contributed by atoms with Crippen molar-refractivity contribution in [2.75, 3.05) is 0 Å². The van der Waals surface area contributed by atoms with Gasteiger partial charge in [0.25, 0.3) is 0 Å². The first-order valence-electron chi connectivity index (χ1n) is 7.42. The van der Waals surface area contributed by atoms with Crippen molar-refractivity contribution in [1.82, 2.24) is 9.38 Å². The van der Waals surface area contributed by atoms with E-state index in [4.69, 9.17) is 4.98 Å². The van der Waals surface area contributed by atoms with Crippen LogP contribution in [0.4, 0.5) is 0 Å². The van der Waals surface area contributed by atoms with E-state index in [2.05, 4.69) is 0 Å². The van der Waals surface area contributed by atoms with Crippen molar-refractivity contribution in [2.24, 2.45) is 5.92 Å². The van der Waals surface area contributed by atoms with Crippen LogP contribution in [0.15, 0.2) is 48.7 Å². The second-order valence-electron chi connectivity index (χ2n) is 5.93. The van der Waals surface area contributed by atoms with Crippen LogP contribution in [0.25, 0.3) is 16.9 Å². The van der Waals surface area contributed by atoms with Gasteiger partial charge in [0.15, 0.2) is 0 Å². The Kier molecular flexibility index (Phi) is 2.79. The first-order chi connectivity index (χ1) is 10.6. The molecular formula is C18H16N2O2. The zero-order valence-electron chi connectivity index (χ0n) is 12.2. The highest BCUT2D eigenvalue weighted by atomic mass is 16.4. The van der Waals surface area contributed by atoms with Crippen molar-refractivity contribution < 1.29 is 9.90 Å². The zero-order chi connectivity index (χ0) is 15.3. The van der Waals surface area contributed by atoms with Crippen molar-refractivity contribution >= 4 is 11.6 Å². The number of hydrogen-bond donors (Lipinski definition) is 1. The molecule has 110 valence electrons. The molecule has 1 aromatic carbocycles. The lowest BCUT2D eigenvalue weighted by Gasteiger charge is -2.04. The standard InChI is InChI=1S/C18H16N2O2/c1-11-7-8-20-15(9-11)19-16(12-5-3-2-4-6-12)17(20)13-10-14(13)18(21)22/h2-9,13-14H,10H2,1H3,(H,21,22). The van der Waals surface area contributed by atoms with Gasteiger partial charge in [0, 0.05) is 17.7 Å². The minimum Gasteiger partial charge on any atom is -0.481 e. The van der Waals surface area contributed by atoms with Gasteiger partial charge in [-0.1, -0.05) is 30.3 Å². The third-order valence-electron chi connectivity index (χ3n) is 4.32. The topological polar surface area (TPSA) is 54.6 Å². The number of carboxylic acid groups (broad SMARTS) is 1. The number of aromatic nitrogens is 2. The fourth-order valence-corrected chi connectivity index (χ4v) is 3.10. The maximum absolute atomic E-state index is 11.3. The van der Waals surface area contributed by atoms with Crippen molar-refractivity contribution in [3.05, 3.63) is 59.9 Å². The van der Waals surface area contributed by atoms with Crippen LogP contribution in [0.3, 0.4) is 0 Å². The van der Waals surface area contributed by atoms with Gasteiger partial charge in [0.2, 0.25) is 0 Å². The molecule has 0 radical (unpaired) electrons. The van der Waals surface area contributed by atoms with Crippen LogP contribution in [0.5, 0.6) is 0 Å². The number of imidazole rings is 1. The number of fused-ring (bicyclic) bond motifs is 1. The molecule has 1 N–H and O–H groups in total. The van der Waals surface area contributed by atoms with Gasteiger partial charge >= 0.3 is 5.97 Å². The predicted molar refractivity (Wildman–Crippen MR) is 83.8 cm³/mol. The molecule has 4 rings (SSSR count). The average molecular weight is 292 g/mol. The minimum atomic E-state index is -0.717. The van der Waals surface area contributed by atoms with Crippen molar-refractivity contribution in [2.45, 2.75) is 19.3 Å². The molecule has 0 aliphatic heterocycles. The van der Waals surface area contributed by atoms with Crippen molar-refractivity contribution in [3.8, 4) is 11.3 Å². The summed E-state index contributed by atoms with van der Waals surface area (Å²) in [5, 5.41) is 9.27. The molecule has 4 nitrogen and oxygen atoms in total. The van der Waals surface area contributed by atoms with Gasteiger partial charge in [-0.3, -0.25) is 4.79 Å². The van der Waals surface area contributed by atoms with E-state index in [0.717, 1.165) is 28.2 Å². The van der Waals surface area contributed by atoms with Crippen LogP contribution in [-0.2, 0) is 4.79 Å². The van der Waals surface area contributed by atoms with Gasteiger partial charge in [-0.25, -0.2) is 4.98 Å². The average Bonchev–Trinajstić information content (AvgIpc) is 3.22. The highest BCUT2D eigenvalue weighted by Gasteiger charge is 2.47. The first kappa shape index (κ1) is 13.1. The molecule has 2 heterocycles. The summed E-state index contributed by atoms with van der Waals surface area (Å²) in [7, 11) is 0. The predicted octanol–water partition coefficient (Wildman–Crippen LogP) is 3.50. The molecule has 1 fully saturated rings. The normalized spacial score (nSPS) is 20.2. The molecule has 2 unspecified atom stereocenters. The highest BCUT2D eigenvalue weighted by Crippen LogP contribution is 2.50. The molecule has 2 aromatic heterocycles. The summed E-state index contributed by atoms with van der Waals surface area (Å²) in [6.45, 7) is 2.04. The molecule has 1 aliphatic carbocycles. The van der Waals surface area contributed by atoms with E-state index in [1.165, 1.54) is 0 Å². The van der Waals surface area contributed by atoms with Gasteiger partial charge in [0.1, 0.15) is 5.65 Å². The molecule has 2 atom stereocenters. The van der Waals surface area contributed by atoms with Crippen LogP contribution in [-0.4, -0.2) is 20.5 Å². The number of nitrogens with zero attached hydrogens (tertiary/aromatic N) is 2. The second-order valence-corrected chi connectivity index (χ2v) is 5.93. The minimum absolute atomic E-state index is 0.0467. The van der Waals surface area contributed by atoms with E-state index in [1.807, 2.05) is 60.0 Å². The number of rotatable bonds is 3. The number of aliphatic carboxylic acids is 1. The number of carbonyl (C=O) groups is 1. The Bertz CT molecular complexity index is 867. The van der Waals surface area contributed by atoms with E-state index in [-0.39, 0.29) is 11.8 Å². The third-order valence-corrected chi connectivity index (χ3v) is 4.32. The Labute approximate surface area is 128 Å². The molecule has 4 heteroatoms. The quantitative estimate of drug-likeness (QED) is 0.804. The summed E-state index contributed by atoms with van der Waals surface area (Å²) >= 11 is 0. The largest absolute Gasteiger partial charge is 0.481 e. The fourth-order valence-electron chi connectivity index (χ4n) is 3.10. The number of benzene rings is 1. The summed E-state index contributed by atoms with van der Waals surface area (Å²) in [6.07, 6.45) is 2.69. The molecule has 0 bridgehead atoms. The summed E-state index contributed by atoms with van der Waals surface area (Å²) in [5.41, 5.74) is 4.99. The van der Waals surface area contributed by atoms with E-state index < -0.39 is 5.97 Å². The molecule has 1 saturated carbocycles. The third kappa shape index (κ3) is 1.99. The van der Waals surface area contributed by atoms with Crippen LogP contribution >= 0.6 is 0 Å². The maximum atomic E-state index is 11.3. The maximum Gasteiger partial charge on any atom is 0.307 e. The van der Waals surface area contributed by atoms with Crippen LogP contribution in [0.2, 0.25) is 0 Å². The van der Waals surface area contributed by atoms with E-state index >= 15 is 0 Å². The summed E-state index contributed by atoms with van der Waals surface area (Å²) in [4.78, 5) is 16.0. The fraction of sp³-hybridized carbons (Fsp3) is 0.222. The van der Waals surface area contributed by atoms with E-state index in [9.17, 15) is 9.90 Å². The Morgan fingerprint density at radius 2 is 2.05 bits per heavy atom. The van der Waals surface area contributed by atoms with Gasteiger partial charge in [-0.15, -0.1) is 0 Å². The number of aryl methyl sites for hydroxylation is 1. The molecule has 3 aromatic rings. The van der Waals surface area contributed by atoms with Crippen molar-refractivity contribution in [1.29, 1.82) is 0 Å². The Morgan fingerprint density at radius 1 is 1.27 bits per heavy atom. The number of carboxylic acids is 1. The number of pyridine rings is 1. The molecular weight excluding hydrogens is 276 g/mol. The van der Waals surface area contributed by atoms with Crippen LogP contribution < -0.4 is 0 Å². The summed E-state index contributed by atoms with van der Waals surface area (Å²) < 4.78 is 2.04. The number of hydrogen-bond acceptors (Lipinski definition) is 2. The van der Waals surface area contributed by atoms with E-state index in [1.54, 1.807) is 0 Å². The molecule has 1 aliphatic rings. The molecule has 0 spiro atoms. The Hall–Kier alpha value is -2.62. The lowest BCUT2D eigenvalue weighted by molar-refractivity contribution is -0.138. The highest BCUT2D eigenvalue weighted by molar-refractivity contribution is 5.77. The van der Waals surface area contributed by atoms with E-state index in [0.29, 0.717) is 6.42 Å². The smallest absolute Gasteiger partial charge is 0.307 e.